The number of benzene rings is 1. The van der Waals surface area contributed by atoms with Crippen LogP contribution in [0.2, 0.25) is 0 Å². The first-order valence-corrected chi connectivity index (χ1v) is 9.40. The van der Waals surface area contributed by atoms with Gasteiger partial charge in [0.05, 0.1) is 12.2 Å². The highest BCUT2D eigenvalue weighted by molar-refractivity contribution is 7.09. The van der Waals surface area contributed by atoms with E-state index in [4.69, 9.17) is 9.47 Å². The minimum absolute atomic E-state index is 0.141. The van der Waals surface area contributed by atoms with Gasteiger partial charge in [0.15, 0.2) is 0 Å². The molecule has 0 unspecified atom stereocenters. The molecule has 0 aliphatic carbocycles. The Labute approximate surface area is 153 Å². The maximum atomic E-state index is 12.1. The summed E-state index contributed by atoms with van der Waals surface area (Å²) in [5.41, 5.74) is 2.02. The van der Waals surface area contributed by atoms with Gasteiger partial charge in [-0.05, 0) is 25.0 Å². The summed E-state index contributed by atoms with van der Waals surface area (Å²) in [5, 5.41) is 2.92. The van der Waals surface area contributed by atoms with E-state index in [0.717, 1.165) is 28.4 Å². The molecule has 0 radical (unpaired) electrons. The molecule has 2 aromatic rings. The highest BCUT2D eigenvalue weighted by atomic mass is 32.1. The summed E-state index contributed by atoms with van der Waals surface area (Å²) in [5.74, 6) is 1.02. The number of hydrogen-bond acceptors (Lipinski definition) is 5. The fraction of sp³-hybridized carbons (Fsp3) is 0.474. The third-order valence-electron chi connectivity index (χ3n) is 3.83. The van der Waals surface area contributed by atoms with Crippen LogP contribution in [0.5, 0.6) is 5.75 Å². The Morgan fingerprint density at radius 2 is 2.12 bits per heavy atom. The molecular formula is C19H26N2O3S. The van der Waals surface area contributed by atoms with Crippen LogP contribution in [0.3, 0.4) is 0 Å². The van der Waals surface area contributed by atoms with Gasteiger partial charge in [-0.1, -0.05) is 25.1 Å². The van der Waals surface area contributed by atoms with Crippen molar-refractivity contribution in [3.63, 3.8) is 0 Å². The van der Waals surface area contributed by atoms with Crippen LogP contribution in [-0.2, 0) is 22.7 Å². The lowest BCUT2D eigenvalue weighted by Gasteiger charge is -2.21. The molecule has 0 atom stereocenters. The van der Waals surface area contributed by atoms with Gasteiger partial charge in [0.1, 0.15) is 17.4 Å². The molecule has 0 saturated carbocycles. The molecule has 5 nitrogen and oxygen atoms in total. The van der Waals surface area contributed by atoms with E-state index in [1.54, 1.807) is 18.4 Å². The smallest absolute Gasteiger partial charge is 0.222 e. The molecule has 2 rings (SSSR count). The monoisotopic (exact) mass is 362 g/mol. The molecule has 1 aromatic carbocycles. The SMILES string of the molecule is CCC(=O)N(CCCOC)Cc1csc(COc2ccccc2C)n1. The number of amides is 1. The second kappa shape index (κ2) is 10.2. The minimum atomic E-state index is 0.141. The first kappa shape index (κ1) is 19.4. The summed E-state index contributed by atoms with van der Waals surface area (Å²) in [4.78, 5) is 18.6. The highest BCUT2D eigenvalue weighted by Gasteiger charge is 2.14. The van der Waals surface area contributed by atoms with E-state index in [1.165, 1.54) is 0 Å². The lowest BCUT2D eigenvalue weighted by atomic mass is 10.2. The third kappa shape index (κ3) is 6.14. The zero-order valence-corrected chi connectivity index (χ0v) is 16.0. The molecule has 136 valence electrons. The Bertz CT molecular complexity index is 672. The van der Waals surface area contributed by atoms with Crippen molar-refractivity contribution in [2.75, 3.05) is 20.3 Å². The molecule has 0 bridgehead atoms. The van der Waals surface area contributed by atoms with Crippen molar-refractivity contribution in [2.45, 2.75) is 39.8 Å². The van der Waals surface area contributed by atoms with Gasteiger partial charge >= 0.3 is 0 Å². The number of methoxy groups -OCH3 is 1. The number of carbonyl (C=O) groups is 1. The molecule has 0 aliphatic rings. The standard InChI is InChI=1S/C19H26N2O3S/c1-4-19(22)21(10-7-11-23-3)12-16-14-25-18(20-16)13-24-17-9-6-5-8-15(17)2/h5-6,8-9,14H,4,7,10-13H2,1-3H3. The van der Waals surface area contributed by atoms with Crippen LogP contribution in [0.4, 0.5) is 0 Å². The Hall–Kier alpha value is -1.92. The normalized spacial score (nSPS) is 10.7. The fourth-order valence-corrected chi connectivity index (χ4v) is 3.15. The van der Waals surface area contributed by atoms with E-state index < -0.39 is 0 Å². The lowest BCUT2D eigenvalue weighted by molar-refractivity contribution is -0.131. The van der Waals surface area contributed by atoms with Crippen LogP contribution in [0.15, 0.2) is 29.6 Å². The van der Waals surface area contributed by atoms with Crippen LogP contribution in [-0.4, -0.2) is 36.1 Å². The number of para-hydroxylation sites is 1. The topological polar surface area (TPSA) is 51.7 Å². The van der Waals surface area contributed by atoms with E-state index in [2.05, 4.69) is 4.98 Å². The van der Waals surface area contributed by atoms with Gasteiger partial charge < -0.3 is 14.4 Å². The molecule has 0 N–H and O–H groups in total. The van der Waals surface area contributed by atoms with Gasteiger partial charge in [-0.25, -0.2) is 4.98 Å². The van der Waals surface area contributed by atoms with Crippen molar-refractivity contribution < 1.29 is 14.3 Å². The number of nitrogens with zero attached hydrogens (tertiary/aromatic N) is 2. The Balaban J connectivity index is 1.92. The number of thiazole rings is 1. The highest BCUT2D eigenvalue weighted by Crippen LogP contribution is 2.19. The van der Waals surface area contributed by atoms with Gasteiger partial charge in [-0.3, -0.25) is 4.79 Å². The fourth-order valence-electron chi connectivity index (χ4n) is 2.46. The van der Waals surface area contributed by atoms with E-state index in [9.17, 15) is 4.79 Å². The maximum Gasteiger partial charge on any atom is 0.222 e. The third-order valence-corrected chi connectivity index (χ3v) is 4.70. The summed E-state index contributed by atoms with van der Waals surface area (Å²) in [6.07, 6.45) is 1.33. The Morgan fingerprint density at radius 1 is 1.32 bits per heavy atom. The summed E-state index contributed by atoms with van der Waals surface area (Å²) >= 11 is 1.57. The zero-order valence-electron chi connectivity index (χ0n) is 15.2. The van der Waals surface area contributed by atoms with Gasteiger partial charge in [0.25, 0.3) is 0 Å². The van der Waals surface area contributed by atoms with E-state index >= 15 is 0 Å². The van der Waals surface area contributed by atoms with E-state index in [1.807, 2.05) is 48.4 Å². The van der Waals surface area contributed by atoms with Crippen LogP contribution >= 0.6 is 11.3 Å². The van der Waals surface area contributed by atoms with E-state index in [-0.39, 0.29) is 5.91 Å². The first-order valence-electron chi connectivity index (χ1n) is 8.52. The molecule has 6 heteroatoms. The van der Waals surface area contributed by atoms with Crippen molar-refractivity contribution in [1.29, 1.82) is 0 Å². The van der Waals surface area contributed by atoms with Crippen molar-refractivity contribution in [1.82, 2.24) is 9.88 Å². The maximum absolute atomic E-state index is 12.1. The number of aryl methyl sites for hydroxylation is 1. The van der Waals surface area contributed by atoms with Crippen molar-refractivity contribution in [3.8, 4) is 5.75 Å². The summed E-state index contributed by atoms with van der Waals surface area (Å²) < 4.78 is 10.9. The Kier molecular flexibility index (Phi) is 7.88. The Morgan fingerprint density at radius 3 is 2.84 bits per heavy atom. The second-order valence-electron chi connectivity index (χ2n) is 5.80. The molecule has 1 aromatic heterocycles. The zero-order chi connectivity index (χ0) is 18.1. The second-order valence-corrected chi connectivity index (χ2v) is 6.74. The van der Waals surface area contributed by atoms with Crippen molar-refractivity contribution >= 4 is 17.2 Å². The molecule has 0 fully saturated rings. The van der Waals surface area contributed by atoms with Crippen molar-refractivity contribution in [2.24, 2.45) is 0 Å². The summed E-state index contributed by atoms with van der Waals surface area (Å²) in [6, 6.07) is 7.94. The molecule has 1 heterocycles. The van der Waals surface area contributed by atoms with Gasteiger partial charge in [-0.2, -0.15) is 0 Å². The van der Waals surface area contributed by atoms with Gasteiger partial charge in [0.2, 0.25) is 5.91 Å². The number of aromatic nitrogens is 1. The molecular weight excluding hydrogens is 336 g/mol. The average Bonchev–Trinajstić information content (AvgIpc) is 3.07. The molecule has 0 saturated heterocycles. The molecule has 0 spiro atoms. The van der Waals surface area contributed by atoms with Gasteiger partial charge in [-0.15, -0.1) is 11.3 Å². The van der Waals surface area contributed by atoms with Crippen LogP contribution in [0, 0.1) is 6.92 Å². The lowest BCUT2D eigenvalue weighted by Crippen LogP contribution is -2.31. The quantitative estimate of drug-likeness (QED) is 0.603. The number of hydrogen-bond donors (Lipinski definition) is 0. The largest absolute Gasteiger partial charge is 0.486 e. The molecule has 0 aliphatic heterocycles. The predicted molar refractivity (Wildman–Crippen MR) is 99.8 cm³/mol. The summed E-state index contributed by atoms with van der Waals surface area (Å²) in [7, 11) is 1.67. The van der Waals surface area contributed by atoms with Gasteiger partial charge in [0, 0.05) is 32.1 Å². The van der Waals surface area contributed by atoms with Crippen molar-refractivity contribution in [3.05, 3.63) is 45.9 Å². The first-order chi connectivity index (χ1) is 12.1. The van der Waals surface area contributed by atoms with Crippen LogP contribution in [0.1, 0.15) is 36.0 Å². The molecule has 1 amide bonds. The average molecular weight is 362 g/mol. The van der Waals surface area contributed by atoms with Crippen LogP contribution in [0.25, 0.3) is 0 Å². The molecule has 25 heavy (non-hydrogen) atoms. The van der Waals surface area contributed by atoms with E-state index in [0.29, 0.717) is 32.7 Å². The van der Waals surface area contributed by atoms with Crippen LogP contribution < -0.4 is 4.74 Å². The number of carbonyl (C=O) groups excluding carboxylic acids is 1. The number of rotatable bonds is 10. The predicted octanol–water partition coefficient (Wildman–Crippen LogP) is 3.81. The summed E-state index contributed by atoms with van der Waals surface area (Å²) in [6.45, 7) is 6.23. The number of ether oxygens (including phenoxy) is 2. The minimum Gasteiger partial charge on any atom is -0.486 e.